The fourth-order valence-electron chi connectivity index (χ4n) is 5.05. The highest BCUT2D eigenvalue weighted by Gasteiger charge is 2.50. The van der Waals surface area contributed by atoms with Crippen LogP contribution in [0.25, 0.3) is 16.8 Å². The van der Waals surface area contributed by atoms with Crippen LogP contribution in [0.15, 0.2) is 36.7 Å². The highest BCUT2D eigenvalue weighted by molar-refractivity contribution is 5.72. The number of aryl methyl sites for hydroxylation is 3. The molecule has 32 heavy (non-hydrogen) atoms. The summed E-state index contributed by atoms with van der Waals surface area (Å²) in [5.74, 6) is 3.83. The van der Waals surface area contributed by atoms with E-state index in [0.717, 1.165) is 58.1 Å². The van der Waals surface area contributed by atoms with Crippen LogP contribution in [0.5, 0.6) is 5.75 Å². The molecular formula is C23H26N8O. The Morgan fingerprint density at radius 3 is 2.84 bits per heavy atom. The van der Waals surface area contributed by atoms with Gasteiger partial charge in [-0.05, 0) is 51.3 Å². The molecule has 4 aromatic rings. The Bertz CT molecular complexity index is 1290. The molecule has 2 N–H and O–H groups in total. The minimum atomic E-state index is 0.158. The predicted octanol–water partition coefficient (Wildman–Crippen LogP) is 3.02. The van der Waals surface area contributed by atoms with Gasteiger partial charge in [-0.25, -0.2) is 14.5 Å². The molecule has 0 spiro atoms. The van der Waals surface area contributed by atoms with Crippen LogP contribution < -0.4 is 15.4 Å². The molecule has 2 aliphatic heterocycles. The fraction of sp³-hybridized carbons (Fsp3) is 0.391. The molecule has 4 aromatic heterocycles. The molecule has 3 aliphatic rings. The van der Waals surface area contributed by atoms with E-state index in [1.54, 1.807) is 0 Å². The molecule has 2 bridgehead atoms. The smallest absolute Gasteiger partial charge is 0.165 e. The topological polar surface area (TPSA) is 94.2 Å². The molecule has 9 nitrogen and oxygen atoms in total. The van der Waals surface area contributed by atoms with Crippen LogP contribution in [0.2, 0.25) is 0 Å². The van der Waals surface area contributed by atoms with Crippen molar-refractivity contribution in [2.75, 3.05) is 18.5 Å². The van der Waals surface area contributed by atoms with E-state index in [1.165, 1.54) is 12.8 Å². The van der Waals surface area contributed by atoms with E-state index in [9.17, 15) is 0 Å². The average molecular weight is 431 g/mol. The molecular weight excluding hydrogens is 404 g/mol. The lowest BCUT2D eigenvalue weighted by molar-refractivity contribution is 0.131. The van der Waals surface area contributed by atoms with E-state index in [1.807, 2.05) is 60.7 Å². The zero-order valence-electron chi connectivity index (χ0n) is 18.5. The van der Waals surface area contributed by atoms with Gasteiger partial charge in [0.2, 0.25) is 0 Å². The van der Waals surface area contributed by atoms with Gasteiger partial charge in [0.25, 0.3) is 0 Å². The van der Waals surface area contributed by atoms with Gasteiger partial charge in [0.1, 0.15) is 23.9 Å². The Labute approximate surface area is 185 Å². The van der Waals surface area contributed by atoms with Gasteiger partial charge in [-0.3, -0.25) is 4.68 Å². The number of hydrogen-bond donors (Lipinski definition) is 2. The SMILES string of the molecule is Cc1cc(Nc2cc3cc(-c4c(OCC56CC(CN5)C6)cnn4C)ccn3n2)nc(C)n1. The number of anilines is 2. The lowest BCUT2D eigenvalue weighted by atomic mass is 9.74. The number of ether oxygens (including phenoxy) is 1. The van der Waals surface area contributed by atoms with E-state index in [-0.39, 0.29) is 5.54 Å². The van der Waals surface area contributed by atoms with Crippen molar-refractivity contribution in [1.29, 1.82) is 0 Å². The second-order valence-electron chi connectivity index (χ2n) is 9.09. The quantitative estimate of drug-likeness (QED) is 0.486. The van der Waals surface area contributed by atoms with Crippen molar-refractivity contribution in [3.63, 3.8) is 0 Å². The first kappa shape index (κ1) is 19.2. The second-order valence-corrected chi connectivity index (χ2v) is 9.09. The maximum absolute atomic E-state index is 6.26. The highest BCUT2D eigenvalue weighted by Crippen LogP contribution is 2.44. The van der Waals surface area contributed by atoms with Crippen molar-refractivity contribution < 1.29 is 4.74 Å². The van der Waals surface area contributed by atoms with Gasteiger partial charge in [0, 0.05) is 36.6 Å². The average Bonchev–Trinajstić information content (AvgIpc) is 3.47. The summed E-state index contributed by atoms with van der Waals surface area (Å²) in [5, 5.41) is 16.0. The third-order valence-corrected chi connectivity index (χ3v) is 6.49. The zero-order valence-corrected chi connectivity index (χ0v) is 18.5. The van der Waals surface area contributed by atoms with Crippen molar-refractivity contribution in [1.82, 2.24) is 34.7 Å². The molecule has 164 valence electrons. The van der Waals surface area contributed by atoms with E-state index < -0.39 is 0 Å². The third kappa shape index (κ3) is 3.29. The summed E-state index contributed by atoms with van der Waals surface area (Å²) >= 11 is 0. The van der Waals surface area contributed by atoms with E-state index >= 15 is 0 Å². The van der Waals surface area contributed by atoms with Gasteiger partial charge in [0.15, 0.2) is 11.6 Å². The molecule has 7 rings (SSSR count). The molecule has 0 unspecified atom stereocenters. The monoisotopic (exact) mass is 430 g/mol. The summed E-state index contributed by atoms with van der Waals surface area (Å²) in [7, 11) is 1.95. The van der Waals surface area contributed by atoms with Gasteiger partial charge in [-0.1, -0.05) is 0 Å². The van der Waals surface area contributed by atoms with Gasteiger partial charge < -0.3 is 15.4 Å². The molecule has 0 radical (unpaired) electrons. The van der Waals surface area contributed by atoms with Crippen LogP contribution in [0.4, 0.5) is 11.6 Å². The summed E-state index contributed by atoms with van der Waals surface area (Å²) in [6.07, 6.45) is 6.19. The maximum atomic E-state index is 6.26. The van der Waals surface area contributed by atoms with Gasteiger partial charge in [-0.2, -0.15) is 10.2 Å². The molecule has 0 aromatic carbocycles. The number of hydrogen-bond acceptors (Lipinski definition) is 7. The number of fused-ring (bicyclic) bond motifs is 2. The van der Waals surface area contributed by atoms with Crippen molar-refractivity contribution >= 4 is 17.2 Å². The molecule has 0 amide bonds. The van der Waals surface area contributed by atoms with Crippen molar-refractivity contribution in [2.24, 2.45) is 13.0 Å². The lowest BCUT2D eigenvalue weighted by Crippen LogP contribution is -2.48. The fourth-order valence-corrected chi connectivity index (χ4v) is 5.05. The Balaban J connectivity index is 1.27. The second kappa shape index (κ2) is 7.03. The maximum Gasteiger partial charge on any atom is 0.165 e. The molecule has 6 heterocycles. The molecule has 3 fully saturated rings. The van der Waals surface area contributed by atoms with Crippen LogP contribution in [0, 0.1) is 19.8 Å². The van der Waals surface area contributed by atoms with Crippen LogP contribution in [0.1, 0.15) is 24.4 Å². The summed E-state index contributed by atoms with van der Waals surface area (Å²) in [6.45, 7) is 5.64. The molecule has 0 atom stereocenters. The van der Waals surface area contributed by atoms with Crippen molar-refractivity contribution in [3.8, 4) is 17.0 Å². The van der Waals surface area contributed by atoms with E-state index in [4.69, 9.17) is 4.74 Å². The first-order valence-corrected chi connectivity index (χ1v) is 11.0. The van der Waals surface area contributed by atoms with Crippen LogP contribution in [-0.2, 0) is 7.05 Å². The Morgan fingerprint density at radius 1 is 1.19 bits per heavy atom. The van der Waals surface area contributed by atoms with E-state index in [2.05, 4.69) is 36.9 Å². The largest absolute Gasteiger partial charge is 0.488 e. The predicted molar refractivity (Wildman–Crippen MR) is 121 cm³/mol. The Morgan fingerprint density at radius 2 is 2.06 bits per heavy atom. The summed E-state index contributed by atoms with van der Waals surface area (Å²) in [6, 6.07) is 8.05. The lowest BCUT2D eigenvalue weighted by Gasteiger charge is -2.37. The molecule has 9 heteroatoms. The third-order valence-electron chi connectivity index (χ3n) is 6.49. The zero-order chi connectivity index (χ0) is 21.9. The van der Waals surface area contributed by atoms with Crippen LogP contribution in [0.3, 0.4) is 0 Å². The first-order valence-electron chi connectivity index (χ1n) is 11.0. The van der Waals surface area contributed by atoms with Crippen LogP contribution >= 0.6 is 0 Å². The normalized spacial score (nSPS) is 21.7. The van der Waals surface area contributed by atoms with Gasteiger partial charge in [-0.15, -0.1) is 0 Å². The Hall–Kier alpha value is -3.46. The van der Waals surface area contributed by atoms with Crippen LogP contribution in [-0.4, -0.2) is 48.1 Å². The first-order chi connectivity index (χ1) is 15.5. The number of rotatable bonds is 6. The minimum Gasteiger partial charge on any atom is -0.488 e. The number of aromatic nitrogens is 6. The summed E-state index contributed by atoms with van der Waals surface area (Å²) in [5.41, 5.74) is 4.05. The Kier molecular flexibility index (Phi) is 4.23. The highest BCUT2D eigenvalue weighted by atomic mass is 16.5. The number of nitrogens with zero attached hydrogens (tertiary/aromatic N) is 6. The molecule has 2 saturated heterocycles. The summed E-state index contributed by atoms with van der Waals surface area (Å²) in [4.78, 5) is 8.76. The standard InChI is InChI=1S/C23H26N8O/c1-14-6-20(27-15(2)26-14)28-21-8-18-7-17(4-5-31(18)29-21)22-19(12-25-30(22)3)32-13-23-9-16(10-23)11-24-23/h4-8,12,16,24H,9-11,13H2,1-3H3,(H,26,27,28,29). The van der Waals surface area contributed by atoms with Gasteiger partial charge >= 0.3 is 0 Å². The summed E-state index contributed by atoms with van der Waals surface area (Å²) < 4.78 is 9.98. The van der Waals surface area contributed by atoms with Crippen molar-refractivity contribution in [2.45, 2.75) is 32.2 Å². The minimum absolute atomic E-state index is 0.158. The molecule has 1 saturated carbocycles. The van der Waals surface area contributed by atoms with E-state index in [0.29, 0.717) is 6.61 Å². The molecule has 1 aliphatic carbocycles. The number of nitrogens with one attached hydrogen (secondary N) is 2. The number of pyridine rings is 1. The van der Waals surface area contributed by atoms with Gasteiger partial charge in [0.05, 0.1) is 17.3 Å². The van der Waals surface area contributed by atoms with Crippen molar-refractivity contribution in [3.05, 3.63) is 48.2 Å².